The van der Waals surface area contributed by atoms with Gasteiger partial charge >= 0.3 is 0 Å². The van der Waals surface area contributed by atoms with Crippen molar-refractivity contribution in [2.75, 3.05) is 0 Å². The second-order valence-corrected chi connectivity index (χ2v) is 5.81. The van der Waals surface area contributed by atoms with Crippen LogP contribution in [0.15, 0.2) is 42.5 Å². The van der Waals surface area contributed by atoms with Crippen LogP contribution < -0.4 is 0 Å². The van der Waals surface area contributed by atoms with Crippen LogP contribution in [0, 0.1) is 6.57 Å². The first kappa shape index (κ1) is 14.3. The van der Waals surface area contributed by atoms with Crippen LogP contribution >= 0.6 is 0 Å². The lowest BCUT2D eigenvalue weighted by Gasteiger charge is -2.17. The molecule has 0 saturated heterocycles. The summed E-state index contributed by atoms with van der Waals surface area (Å²) in [4.78, 5) is 3.44. The average molecular weight is 263 g/mol. The lowest BCUT2D eigenvalue weighted by molar-refractivity contribution is 0.791. The Hall–Kier alpha value is -2.07. The molecule has 0 atom stereocenters. The van der Waals surface area contributed by atoms with Crippen molar-refractivity contribution in [1.82, 2.24) is 0 Å². The standard InChI is InChI=1S/C19H21N/c1-13(2)18-11-8-16(12-19(18)14(3)4)15-6-9-17(20-5)10-7-15/h6-14H,1-4H3. The Morgan fingerprint density at radius 3 is 1.80 bits per heavy atom. The van der Waals surface area contributed by atoms with Gasteiger partial charge in [0.25, 0.3) is 0 Å². The van der Waals surface area contributed by atoms with Gasteiger partial charge in [-0.25, -0.2) is 4.85 Å². The lowest BCUT2D eigenvalue weighted by atomic mass is 9.88. The molecule has 0 aliphatic heterocycles. The highest BCUT2D eigenvalue weighted by Gasteiger charge is 2.11. The maximum atomic E-state index is 7.01. The van der Waals surface area contributed by atoms with Crippen molar-refractivity contribution in [3.05, 3.63) is 65.0 Å². The average Bonchev–Trinajstić information content (AvgIpc) is 2.46. The number of rotatable bonds is 3. The van der Waals surface area contributed by atoms with Crippen molar-refractivity contribution in [1.29, 1.82) is 0 Å². The second kappa shape index (κ2) is 5.92. The van der Waals surface area contributed by atoms with Gasteiger partial charge in [0, 0.05) is 0 Å². The van der Waals surface area contributed by atoms with Gasteiger partial charge in [-0.1, -0.05) is 70.2 Å². The van der Waals surface area contributed by atoms with Crippen LogP contribution in [0.25, 0.3) is 16.0 Å². The van der Waals surface area contributed by atoms with E-state index in [0.29, 0.717) is 17.5 Å². The van der Waals surface area contributed by atoms with Gasteiger partial charge in [0.15, 0.2) is 5.69 Å². The predicted octanol–water partition coefficient (Wildman–Crippen LogP) is 6.15. The van der Waals surface area contributed by atoms with E-state index in [0.717, 1.165) is 0 Å². The number of hydrogen-bond acceptors (Lipinski definition) is 0. The van der Waals surface area contributed by atoms with Gasteiger partial charge in [-0.15, -0.1) is 0 Å². The van der Waals surface area contributed by atoms with Gasteiger partial charge in [-0.3, -0.25) is 0 Å². The van der Waals surface area contributed by atoms with Crippen molar-refractivity contribution in [3.8, 4) is 11.1 Å². The Bertz CT molecular complexity index is 628. The maximum absolute atomic E-state index is 7.01. The Labute approximate surface area is 122 Å². The minimum Gasteiger partial charge on any atom is -0.238 e. The van der Waals surface area contributed by atoms with Crippen LogP contribution in [-0.4, -0.2) is 0 Å². The van der Waals surface area contributed by atoms with E-state index in [1.165, 1.54) is 22.3 Å². The van der Waals surface area contributed by atoms with Crippen molar-refractivity contribution >= 4 is 5.69 Å². The van der Waals surface area contributed by atoms with Crippen LogP contribution in [0.1, 0.15) is 50.7 Å². The van der Waals surface area contributed by atoms with Crippen molar-refractivity contribution in [2.24, 2.45) is 0 Å². The van der Waals surface area contributed by atoms with E-state index >= 15 is 0 Å². The molecule has 2 aromatic rings. The normalized spacial score (nSPS) is 10.8. The smallest absolute Gasteiger partial charge is 0.187 e. The SMILES string of the molecule is [C-]#[N+]c1ccc(-c2ccc(C(C)C)c(C(C)C)c2)cc1. The third-order valence-corrected chi connectivity index (χ3v) is 3.66. The van der Waals surface area contributed by atoms with Crippen LogP contribution in [0.5, 0.6) is 0 Å². The summed E-state index contributed by atoms with van der Waals surface area (Å²) in [5.74, 6) is 1.07. The zero-order valence-corrected chi connectivity index (χ0v) is 12.6. The van der Waals surface area contributed by atoms with Crippen LogP contribution in [0.2, 0.25) is 0 Å². The summed E-state index contributed by atoms with van der Waals surface area (Å²) in [7, 11) is 0. The summed E-state index contributed by atoms with van der Waals surface area (Å²) < 4.78 is 0. The Morgan fingerprint density at radius 2 is 1.30 bits per heavy atom. The first-order valence-corrected chi connectivity index (χ1v) is 7.14. The van der Waals surface area contributed by atoms with E-state index in [1.807, 2.05) is 24.3 Å². The zero-order chi connectivity index (χ0) is 14.7. The molecule has 2 rings (SSSR count). The molecular formula is C19H21N. The van der Waals surface area contributed by atoms with Crippen molar-refractivity contribution in [3.63, 3.8) is 0 Å². The molecule has 0 N–H and O–H groups in total. The first-order chi connectivity index (χ1) is 9.52. The van der Waals surface area contributed by atoms with Gasteiger partial charge in [-0.05, 0) is 34.1 Å². The zero-order valence-electron chi connectivity index (χ0n) is 12.6. The summed E-state index contributed by atoms with van der Waals surface area (Å²) in [6, 6.07) is 14.6. The summed E-state index contributed by atoms with van der Waals surface area (Å²) in [5.41, 5.74) is 5.95. The third-order valence-electron chi connectivity index (χ3n) is 3.66. The van der Waals surface area contributed by atoms with Crippen LogP contribution in [0.3, 0.4) is 0 Å². The third kappa shape index (κ3) is 2.91. The molecule has 0 aliphatic carbocycles. The van der Waals surface area contributed by atoms with Gasteiger partial charge in [0.1, 0.15) is 0 Å². The van der Waals surface area contributed by atoms with E-state index in [9.17, 15) is 0 Å². The monoisotopic (exact) mass is 263 g/mol. The molecule has 0 aromatic heterocycles. The Kier molecular flexibility index (Phi) is 4.25. The largest absolute Gasteiger partial charge is 0.238 e. The van der Waals surface area contributed by atoms with Crippen molar-refractivity contribution < 1.29 is 0 Å². The van der Waals surface area contributed by atoms with Gasteiger partial charge in [0.2, 0.25) is 0 Å². The van der Waals surface area contributed by atoms with E-state index in [-0.39, 0.29) is 0 Å². The van der Waals surface area contributed by atoms with Crippen molar-refractivity contribution in [2.45, 2.75) is 39.5 Å². The van der Waals surface area contributed by atoms with Crippen LogP contribution in [-0.2, 0) is 0 Å². The van der Waals surface area contributed by atoms with Gasteiger partial charge < -0.3 is 0 Å². The van der Waals surface area contributed by atoms with E-state index in [4.69, 9.17) is 6.57 Å². The fourth-order valence-electron chi connectivity index (χ4n) is 2.51. The summed E-state index contributed by atoms with van der Waals surface area (Å²) in [6.07, 6.45) is 0. The molecule has 0 heterocycles. The summed E-state index contributed by atoms with van der Waals surface area (Å²) in [6.45, 7) is 16.0. The van der Waals surface area contributed by atoms with E-state index in [2.05, 4.69) is 50.7 Å². The summed E-state index contributed by atoms with van der Waals surface area (Å²) >= 11 is 0. The minimum absolute atomic E-state index is 0.523. The number of nitrogens with zero attached hydrogens (tertiary/aromatic N) is 1. The highest BCUT2D eigenvalue weighted by atomic mass is 14.6. The fraction of sp³-hybridized carbons (Fsp3) is 0.316. The highest BCUT2D eigenvalue weighted by molar-refractivity contribution is 5.67. The van der Waals surface area contributed by atoms with Gasteiger partial charge in [-0.2, -0.15) is 0 Å². The molecule has 0 fully saturated rings. The van der Waals surface area contributed by atoms with E-state index in [1.54, 1.807) is 0 Å². The molecule has 20 heavy (non-hydrogen) atoms. The molecule has 0 radical (unpaired) electrons. The summed E-state index contributed by atoms with van der Waals surface area (Å²) in [5, 5.41) is 0. The lowest BCUT2D eigenvalue weighted by Crippen LogP contribution is -1.99. The number of hydrogen-bond donors (Lipinski definition) is 0. The molecule has 0 aliphatic rings. The molecule has 0 unspecified atom stereocenters. The Morgan fingerprint density at radius 1 is 0.750 bits per heavy atom. The molecular weight excluding hydrogens is 242 g/mol. The molecule has 0 bridgehead atoms. The van der Waals surface area contributed by atoms with E-state index < -0.39 is 0 Å². The topological polar surface area (TPSA) is 4.36 Å². The molecule has 1 heteroatoms. The maximum Gasteiger partial charge on any atom is 0.187 e. The first-order valence-electron chi connectivity index (χ1n) is 7.14. The molecule has 0 spiro atoms. The highest BCUT2D eigenvalue weighted by Crippen LogP contribution is 2.31. The van der Waals surface area contributed by atoms with Gasteiger partial charge in [0.05, 0.1) is 6.57 Å². The molecule has 0 saturated carbocycles. The fourth-order valence-corrected chi connectivity index (χ4v) is 2.51. The molecule has 0 amide bonds. The van der Waals surface area contributed by atoms with Crippen LogP contribution in [0.4, 0.5) is 5.69 Å². The molecule has 2 aromatic carbocycles. The Balaban J connectivity index is 2.47. The number of benzene rings is 2. The second-order valence-electron chi connectivity index (χ2n) is 5.81. The minimum atomic E-state index is 0.523. The predicted molar refractivity (Wildman–Crippen MR) is 86.3 cm³/mol. The quantitative estimate of drug-likeness (QED) is 0.585. The molecule has 102 valence electrons. The molecule has 1 nitrogen and oxygen atoms in total.